The Morgan fingerprint density at radius 3 is 2.79 bits per heavy atom. The Hall–Kier alpha value is -2.70. The van der Waals surface area contributed by atoms with Crippen LogP contribution >= 0.6 is 0 Å². The average molecular weight is 261 g/mol. The summed E-state index contributed by atoms with van der Waals surface area (Å²) in [4.78, 5) is 23.0. The lowest BCUT2D eigenvalue weighted by molar-refractivity contribution is 0.0690. The van der Waals surface area contributed by atoms with Crippen LogP contribution in [0.4, 0.5) is 4.39 Å². The first-order valence-electron chi connectivity index (χ1n) is 5.40. The predicted octanol–water partition coefficient (Wildman–Crippen LogP) is 1.02. The number of halogens is 1. The Bertz CT molecular complexity index is 894. The number of carboxylic acids is 1. The van der Waals surface area contributed by atoms with Crippen molar-refractivity contribution >= 4 is 22.5 Å². The van der Waals surface area contributed by atoms with Crippen molar-refractivity contribution in [1.82, 2.24) is 14.2 Å². The third-order valence-electron chi connectivity index (χ3n) is 3.00. The molecule has 0 aliphatic heterocycles. The maximum Gasteiger partial charge on any atom is 0.356 e. The van der Waals surface area contributed by atoms with E-state index in [0.717, 1.165) is 10.6 Å². The van der Waals surface area contributed by atoms with E-state index in [-0.39, 0.29) is 11.1 Å². The van der Waals surface area contributed by atoms with Crippen LogP contribution in [0.25, 0.3) is 16.6 Å². The van der Waals surface area contributed by atoms with Crippen LogP contribution in [0.15, 0.2) is 29.1 Å². The highest BCUT2D eigenvalue weighted by molar-refractivity contribution is 5.88. The van der Waals surface area contributed by atoms with Crippen molar-refractivity contribution in [3.63, 3.8) is 0 Å². The van der Waals surface area contributed by atoms with Gasteiger partial charge in [-0.3, -0.25) is 4.79 Å². The standard InChI is InChI=1S/C12H8FN3O3/c1-15-9-3-2-6(13)4-7(9)11(17)16-10(15)5-8(14-16)12(18)19/h2-5H,1H3,(H,18,19). The normalized spacial score (nSPS) is 11.3. The second-order valence-corrected chi connectivity index (χ2v) is 4.13. The molecule has 2 heterocycles. The first-order chi connectivity index (χ1) is 8.99. The van der Waals surface area contributed by atoms with E-state index in [1.165, 1.54) is 18.2 Å². The molecule has 1 aromatic carbocycles. The molecule has 0 saturated heterocycles. The first kappa shape index (κ1) is 11.4. The lowest BCUT2D eigenvalue weighted by atomic mass is 10.2. The molecule has 0 bridgehead atoms. The number of hydrogen-bond acceptors (Lipinski definition) is 3. The molecule has 0 fully saturated rings. The molecule has 0 aliphatic carbocycles. The molecule has 3 aromatic rings. The molecular formula is C12H8FN3O3. The largest absolute Gasteiger partial charge is 0.476 e. The lowest BCUT2D eigenvalue weighted by Gasteiger charge is -2.07. The summed E-state index contributed by atoms with van der Waals surface area (Å²) in [5, 5.41) is 12.8. The van der Waals surface area contributed by atoms with Crippen molar-refractivity contribution in [3.05, 3.63) is 46.1 Å². The Morgan fingerprint density at radius 2 is 2.11 bits per heavy atom. The quantitative estimate of drug-likeness (QED) is 0.709. The molecule has 0 unspecified atom stereocenters. The first-order valence-corrected chi connectivity index (χ1v) is 5.40. The van der Waals surface area contributed by atoms with Crippen LogP contribution in [-0.4, -0.2) is 25.3 Å². The second-order valence-electron chi connectivity index (χ2n) is 4.13. The summed E-state index contributed by atoms with van der Waals surface area (Å²) in [5.74, 6) is -1.76. The lowest BCUT2D eigenvalue weighted by Crippen LogP contribution is -2.18. The molecule has 0 amide bonds. The van der Waals surface area contributed by atoms with Gasteiger partial charge in [-0.25, -0.2) is 9.18 Å². The summed E-state index contributed by atoms with van der Waals surface area (Å²) in [6, 6.07) is 5.12. The Labute approximate surface area is 105 Å². The number of rotatable bonds is 1. The van der Waals surface area contributed by atoms with E-state index in [4.69, 9.17) is 5.11 Å². The van der Waals surface area contributed by atoms with Crippen molar-refractivity contribution in [2.45, 2.75) is 0 Å². The maximum absolute atomic E-state index is 13.2. The average Bonchev–Trinajstić information content (AvgIpc) is 2.81. The molecule has 0 aliphatic rings. The molecule has 6 nitrogen and oxygen atoms in total. The van der Waals surface area contributed by atoms with Gasteiger partial charge in [-0.2, -0.15) is 9.61 Å². The van der Waals surface area contributed by atoms with Crippen molar-refractivity contribution in [3.8, 4) is 0 Å². The van der Waals surface area contributed by atoms with Crippen LogP contribution < -0.4 is 5.56 Å². The summed E-state index contributed by atoms with van der Waals surface area (Å²) >= 11 is 0. The number of carboxylic acid groups (broad SMARTS) is 1. The van der Waals surface area contributed by atoms with Crippen molar-refractivity contribution in [2.24, 2.45) is 7.05 Å². The second kappa shape index (κ2) is 3.64. The van der Waals surface area contributed by atoms with Crippen LogP contribution in [0.5, 0.6) is 0 Å². The van der Waals surface area contributed by atoms with Crippen LogP contribution in [0, 0.1) is 5.82 Å². The van der Waals surface area contributed by atoms with Gasteiger partial charge in [0.15, 0.2) is 5.69 Å². The number of aromatic carboxylic acids is 1. The zero-order chi connectivity index (χ0) is 13.7. The number of aromatic nitrogens is 3. The van der Waals surface area contributed by atoms with Crippen molar-refractivity contribution in [1.29, 1.82) is 0 Å². The molecule has 0 spiro atoms. The van der Waals surface area contributed by atoms with Gasteiger partial charge >= 0.3 is 5.97 Å². The molecule has 7 heteroatoms. The molecule has 96 valence electrons. The van der Waals surface area contributed by atoms with Crippen molar-refractivity contribution < 1.29 is 14.3 Å². The number of aryl methyl sites for hydroxylation is 1. The minimum Gasteiger partial charge on any atom is -0.476 e. The topological polar surface area (TPSA) is 76.6 Å². The highest BCUT2D eigenvalue weighted by atomic mass is 19.1. The predicted molar refractivity (Wildman–Crippen MR) is 64.9 cm³/mol. The van der Waals surface area contributed by atoms with Gasteiger partial charge in [-0.05, 0) is 18.2 Å². The number of hydrogen-bond donors (Lipinski definition) is 1. The highest BCUT2D eigenvalue weighted by Crippen LogP contribution is 2.15. The van der Waals surface area contributed by atoms with E-state index in [9.17, 15) is 14.0 Å². The van der Waals surface area contributed by atoms with Gasteiger partial charge in [0.05, 0.1) is 10.9 Å². The van der Waals surface area contributed by atoms with Gasteiger partial charge in [-0.15, -0.1) is 0 Å². The van der Waals surface area contributed by atoms with Gasteiger partial charge in [0.1, 0.15) is 11.5 Å². The van der Waals surface area contributed by atoms with Gasteiger partial charge in [0, 0.05) is 13.1 Å². The molecule has 0 atom stereocenters. The molecule has 0 radical (unpaired) electrons. The highest BCUT2D eigenvalue weighted by Gasteiger charge is 2.15. The molecule has 3 rings (SSSR count). The molecule has 0 saturated carbocycles. The third-order valence-corrected chi connectivity index (χ3v) is 3.00. The Morgan fingerprint density at radius 1 is 1.37 bits per heavy atom. The SMILES string of the molecule is Cn1c2ccc(F)cc2c(=O)n2nc(C(=O)O)cc12. The van der Waals surface area contributed by atoms with Crippen LogP contribution in [0.3, 0.4) is 0 Å². The van der Waals surface area contributed by atoms with E-state index in [0.29, 0.717) is 11.2 Å². The fourth-order valence-corrected chi connectivity index (χ4v) is 2.07. The van der Waals surface area contributed by atoms with Crippen LogP contribution in [0.1, 0.15) is 10.5 Å². The summed E-state index contributed by atoms with van der Waals surface area (Å²) in [6.45, 7) is 0. The minimum atomic E-state index is -1.22. The Balaban J connectivity index is 2.57. The molecule has 19 heavy (non-hydrogen) atoms. The van der Waals surface area contributed by atoms with E-state index in [2.05, 4.69) is 5.10 Å². The summed E-state index contributed by atoms with van der Waals surface area (Å²) < 4.78 is 15.8. The van der Waals surface area contributed by atoms with Crippen LogP contribution in [0.2, 0.25) is 0 Å². The third kappa shape index (κ3) is 1.51. The van der Waals surface area contributed by atoms with Crippen molar-refractivity contribution in [2.75, 3.05) is 0 Å². The maximum atomic E-state index is 13.2. The van der Waals surface area contributed by atoms with Gasteiger partial charge in [0.2, 0.25) is 0 Å². The zero-order valence-electron chi connectivity index (χ0n) is 9.79. The smallest absolute Gasteiger partial charge is 0.356 e. The molecule has 1 N–H and O–H groups in total. The van der Waals surface area contributed by atoms with Crippen LogP contribution in [-0.2, 0) is 7.05 Å². The zero-order valence-corrected chi connectivity index (χ0v) is 9.79. The van der Waals surface area contributed by atoms with Gasteiger partial charge in [0.25, 0.3) is 5.56 Å². The molecular weight excluding hydrogens is 253 g/mol. The summed E-state index contributed by atoms with van der Waals surface area (Å²) in [6.07, 6.45) is 0. The van der Waals surface area contributed by atoms with Gasteiger partial charge < -0.3 is 9.67 Å². The van der Waals surface area contributed by atoms with E-state index in [1.54, 1.807) is 11.6 Å². The van der Waals surface area contributed by atoms with E-state index in [1.807, 2.05) is 0 Å². The van der Waals surface area contributed by atoms with E-state index >= 15 is 0 Å². The monoisotopic (exact) mass is 261 g/mol. The Kier molecular flexibility index (Phi) is 2.19. The number of nitrogens with zero attached hydrogens (tertiary/aromatic N) is 3. The number of benzene rings is 1. The minimum absolute atomic E-state index is 0.148. The summed E-state index contributed by atoms with van der Waals surface area (Å²) in [5.41, 5.74) is 0.0656. The fraction of sp³-hybridized carbons (Fsp3) is 0.0833. The van der Waals surface area contributed by atoms with Gasteiger partial charge in [-0.1, -0.05) is 0 Å². The van der Waals surface area contributed by atoms with E-state index < -0.39 is 17.3 Å². The number of carbonyl (C=O) groups is 1. The summed E-state index contributed by atoms with van der Waals surface area (Å²) in [7, 11) is 1.66. The fourth-order valence-electron chi connectivity index (χ4n) is 2.07. The molecule has 2 aromatic heterocycles. The number of fused-ring (bicyclic) bond motifs is 2.